The van der Waals surface area contributed by atoms with E-state index in [1.807, 2.05) is 18.2 Å². The topological polar surface area (TPSA) is 72.7 Å². The van der Waals surface area contributed by atoms with Gasteiger partial charge in [0, 0.05) is 24.7 Å². The number of imidazole rings is 1. The average molecular weight is 260 g/mol. The van der Waals surface area contributed by atoms with Gasteiger partial charge in [-0.15, -0.1) is 0 Å². The van der Waals surface area contributed by atoms with E-state index in [9.17, 15) is 4.79 Å². The van der Waals surface area contributed by atoms with Crippen molar-refractivity contribution >= 4 is 11.0 Å². The molecule has 102 valence electrons. The summed E-state index contributed by atoms with van der Waals surface area (Å²) < 4.78 is 0. The lowest BCUT2D eigenvalue weighted by Crippen LogP contribution is -2.31. The maximum Gasteiger partial charge on any atom is 0.323 e. The lowest BCUT2D eigenvalue weighted by atomic mass is 10.0. The molecule has 0 radical (unpaired) electrons. The van der Waals surface area contributed by atoms with Crippen LogP contribution in [0, 0.1) is 0 Å². The summed E-state index contributed by atoms with van der Waals surface area (Å²) in [5.74, 6) is 0. The van der Waals surface area contributed by atoms with Gasteiger partial charge in [0.1, 0.15) is 0 Å². The van der Waals surface area contributed by atoms with Gasteiger partial charge < -0.3 is 20.6 Å². The minimum absolute atomic E-state index is 0.151. The van der Waals surface area contributed by atoms with Gasteiger partial charge in [0.2, 0.25) is 0 Å². The molecule has 4 N–H and O–H groups in total. The van der Waals surface area contributed by atoms with Crippen LogP contribution < -0.4 is 16.3 Å². The monoisotopic (exact) mass is 260 g/mol. The predicted molar refractivity (Wildman–Crippen MR) is 76.2 cm³/mol. The molecule has 5 heteroatoms. The van der Waals surface area contributed by atoms with Gasteiger partial charge in [-0.3, -0.25) is 0 Å². The molecule has 3 rings (SSSR count). The van der Waals surface area contributed by atoms with Crippen LogP contribution in [-0.2, 0) is 6.54 Å². The standard InChI is InChI=1S/C14H20N4O/c1-14(2)6-10(8-16-14)15-7-9-3-4-11-12(5-9)18-13(19)17-11/h3-5,10,15-16H,6-8H2,1-2H3,(H2,17,18,19). The fraction of sp³-hybridized carbons (Fsp3) is 0.500. The molecular weight excluding hydrogens is 240 g/mol. The molecule has 1 aliphatic rings. The second-order valence-electron chi connectivity index (χ2n) is 6.01. The van der Waals surface area contributed by atoms with Crippen molar-refractivity contribution in [3.63, 3.8) is 0 Å². The smallest absolute Gasteiger partial charge is 0.310 e. The molecule has 0 bridgehead atoms. The number of H-pyrrole nitrogens is 2. The Morgan fingerprint density at radius 3 is 2.84 bits per heavy atom. The number of aromatic nitrogens is 2. The largest absolute Gasteiger partial charge is 0.323 e. The molecule has 1 unspecified atom stereocenters. The molecule has 2 heterocycles. The quantitative estimate of drug-likeness (QED) is 0.667. The normalized spacial score (nSPS) is 22.1. The maximum absolute atomic E-state index is 11.2. The maximum atomic E-state index is 11.2. The highest BCUT2D eigenvalue weighted by Gasteiger charge is 2.29. The van der Waals surface area contributed by atoms with E-state index >= 15 is 0 Å². The van der Waals surface area contributed by atoms with E-state index in [4.69, 9.17) is 0 Å². The Morgan fingerprint density at radius 1 is 1.32 bits per heavy atom. The van der Waals surface area contributed by atoms with Crippen LogP contribution in [0.5, 0.6) is 0 Å². The van der Waals surface area contributed by atoms with E-state index < -0.39 is 0 Å². The number of hydrogen-bond donors (Lipinski definition) is 4. The molecule has 0 spiro atoms. The van der Waals surface area contributed by atoms with Crippen LogP contribution in [0.1, 0.15) is 25.8 Å². The fourth-order valence-corrected chi connectivity index (χ4v) is 2.76. The van der Waals surface area contributed by atoms with Crippen LogP contribution in [0.3, 0.4) is 0 Å². The molecule has 19 heavy (non-hydrogen) atoms. The Kier molecular flexibility index (Phi) is 2.95. The summed E-state index contributed by atoms with van der Waals surface area (Å²) in [7, 11) is 0. The van der Waals surface area contributed by atoms with E-state index in [-0.39, 0.29) is 11.2 Å². The molecule has 1 aromatic heterocycles. The van der Waals surface area contributed by atoms with Gasteiger partial charge in [-0.2, -0.15) is 0 Å². The van der Waals surface area contributed by atoms with Gasteiger partial charge in [0.05, 0.1) is 11.0 Å². The van der Waals surface area contributed by atoms with Crippen molar-refractivity contribution in [1.29, 1.82) is 0 Å². The van der Waals surface area contributed by atoms with Crippen molar-refractivity contribution in [3.8, 4) is 0 Å². The molecule has 0 amide bonds. The molecule has 5 nitrogen and oxygen atoms in total. The number of aromatic amines is 2. The van der Waals surface area contributed by atoms with Gasteiger partial charge in [-0.1, -0.05) is 6.07 Å². The van der Waals surface area contributed by atoms with Gasteiger partial charge in [0.25, 0.3) is 0 Å². The van der Waals surface area contributed by atoms with Crippen LogP contribution in [0.2, 0.25) is 0 Å². The Labute approximate surface area is 111 Å². The van der Waals surface area contributed by atoms with E-state index in [0.29, 0.717) is 6.04 Å². The fourth-order valence-electron chi connectivity index (χ4n) is 2.76. The summed E-state index contributed by atoms with van der Waals surface area (Å²) >= 11 is 0. The van der Waals surface area contributed by atoms with Crippen molar-refractivity contribution in [3.05, 3.63) is 34.2 Å². The van der Waals surface area contributed by atoms with Gasteiger partial charge in [0.15, 0.2) is 0 Å². The first-order valence-electron chi connectivity index (χ1n) is 6.71. The van der Waals surface area contributed by atoms with E-state index in [1.165, 1.54) is 5.56 Å². The number of benzene rings is 1. The van der Waals surface area contributed by atoms with Crippen LogP contribution >= 0.6 is 0 Å². The first-order valence-corrected chi connectivity index (χ1v) is 6.71. The molecule has 1 atom stereocenters. The summed E-state index contributed by atoms with van der Waals surface area (Å²) in [6.07, 6.45) is 1.14. The third-order valence-electron chi connectivity index (χ3n) is 3.76. The first-order chi connectivity index (χ1) is 9.02. The van der Waals surface area contributed by atoms with Crippen molar-refractivity contribution in [2.24, 2.45) is 0 Å². The van der Waals surface area contributed by atoms with E-state index in [1.54, 1.807) is 0 Å². The number of fused-ring (bicyclic) bond motifs is 1. The zero-order chi connectivity index (χ0) is 13.5. The Bertz CT molecular complexity index is 640. The van der Waals surface area contributed by atoms with Crippen molar-refractivity contribution in [2.75, 3.05) is 6.54 Å². The summed E-state index contributed by atoms with van der Waals surface area (Å²) in [4.78, 5) is 16.7. The Hall–Kier alpha value is -1.59. The van der Waals surface area contributed by atoms with Crippen LogP contribution in [0.15, 0.2) is 23.0 Å². The minimum atomic E-state index is -0.151. The zero-order valence-electron chi connectivity index (χ0n) is 11.3. The molecule has 1 aromatic carbocycles. The highest BCUT2D eigenvalue weighted by atomic mass is 16.1. The summed E-state index contributed by atoms with van der Waals surface area (Å²) in [5, 5.41) is 7.06. The van der Waals surface area contributed by atoms with Crippen LogP contribution in [0.4, 0.5) is 0 Å². The Morgan fingerprint density at radius 2 is 2.11 bits per heavy atom. The van der Waals surface area contributed by atoms with Crippen molar-refractivity contribution in [1.82, 2.24) is 20.6 Å². The van der Waals surface area contributed by atoms with Crippen LogP contribution in [-0.4, -0.2) is 28.1 Å². The van der Waals surface area contributed by atoms with Crippen molar-refractivity contribution < 1.29 is 0 Å². The number of rotatable bonds is 3. The third-order valence-corrected chi connectivity index (χ3v) is 3.76. The highest BCUT2D eigenvalue weighted by molar-refractivity contribution is 5.74. The summed E-state index contributed by atoms with van der Waals surface area (Å²) in [6, 6.07) is 6.53. The summed E-state index contributed by atoms with van der Waals surface area (Å²) in [5.41, 5.74) is 2.99. The molecule has 0 aliphatic carbocycles. The predicted octanol–water partition coefficient (Wildman–Crippen LogP) is 1.09. The van der Waals surface area contributed by atoms with Crippen molar-refractivity contribution in [2.45, 2.75) is 38.4 Å². The molecule has 1 aliphatic heterocycles. The second kappa shape index (κ2) is 4.51. The lowest BCUT2D eigenvalue weighted by Gasteiger charge is -2.17. The molecular formula is C14H20N4O. The third kappa shape index (κ3) is 2.72. The van der Waals surface area contributed by atoms with Gasteiger partial charge in [-0.05, 0) is 38.0 Å². The van der Waals surface area contributed by atoms with E-state index in [2.05, 4.69) is 34.4 Å². The van der Waals surface area contributed by atoms with Gasteiger partial charge >= 0.3 is 5.69 Å². The Balaban J connectivity index is 1.67. The van der Waals surface area contributed by atoms with Gasteiger partial charge in [-0.25, -0.2) is 4.79 Å². The molecule has 1 saturated heterocycles. The lowest BCUT2D eigenvalue weighted by molar-refractivity contribution is 0.442. The van der Waals surface area contributed by atoms with E-state index in [0.717, 1.165) is 30.5 Å². The molecule has 1 fully saturated rings. The minimum Gasteiger partial charge on any atom is -0.310 e. The number of nitrogens with one attached hydrogen (secondary N) is 4. The average Bonchev–Trinajstić information content (AvgIpc) is 2.87. The molecule has 0 saturated carbocycles. The number of hydrogen-bond acceptors (Lipinski definition) is 3. The summed E-state index contributed by atoms with van der Waals surface area (Å²) in [6.45, 7) is 6.29. The second-order valence-corrected chi connectivity index (χ2v) is 6.01. The zero-order valence-corrected chi connectivity index (χ0v) is 11.3. The van der Waals surface area contributed by atoms with Crippen LogP contribution in [0.25, 0.3) is 11.0 Å². The SMILES string of the molecule is CC1(C)CC(NCc2ccc3[nH]c(=O)[nH]c3c2)CN1. The highest BCUT2D eigenvalue weighted by Crippen LogP contribution is 2.18. The first kappa shape index (κ1) is 12.4. The molecule has 2 aromatic rings.